The molecule has 0 atom stereocenters. The minimum Gasteiger partial charge on any atom is -0.310 e. The van der Waals surface area contributed by atoms with Gasteiger partial charge in [0.15, 0.2) is 0 Å². The lowest BCUT2D eigenvalue weighted by Crippen LogP contribution is -2.09. The fourth-order valence-electron chi connectivity index (χ4n) is 7.61. The van der Waals surface area contributed by atoms with E-state index in [-0.39, 0.29) is 0 Å². The molecule has 0 saturated carbocycles. The first kappa shape index (κ1) is 28.4. The first-order valence-corrected chi connectivity index (χ1v) is 16.9. The summed E-state index contributed by atoms with van der Waals surface area (Å²) >= 11 is 0. The molecule has 2 heterocycles. The summed E-state index contributed by atoms with van der Waals surface area (Å²) < 4.78 is 2.50. The van der Waals surface area contributed by atoms with Gasteiger partial charge < -0.3 is 9.30 Å². The van der Waals surface area contributed by atoms with Gasteiger partial charge in [0, 0.05) is 38.6 Å². The maximum atomic E-state index is 9.54. The molecule has 3 heteroatoms. The summed E-state index contributed by atoms with van der Waals surface area (Å²) in [6, 6.07) is 48.9. The van der Waals surface area contributed by atoms with Crippen LogP contribution in [-0.2, 0) is 0 Å². The van der Waals surface area contributed by atoms with Crippen molar-refractivity contribution in [3.63, 3.8) is 0 Å². The van der Waals surface area contributed by atoms with E-state index >= 15 is 0 Å². The van der Waals surface area contributed by atoms with Gasteiger partial charge in [0.05, 0.1) is 28.2 Å². The Labute approximate surface area is 280 Å². The molecule has 7 aromatic carbocycles. The molecule has 0 aliphatic rings. The van der Waals surface area contributed by atoms with Gasteiger partial charge in [0.25, 0.3) is 0 Å². The number of rotatable bonds is 5. The minimum absolute atomic E-state index is 0.465. The zero-order valence-corrected chi connectivity index (χ0v) is 27.6. The fourth-order valence-corrected chi connectivity index (χ4v) is 7.61. The standard InChI is InChI=1S/C45H35N3/c1-27(2)30-12-14-32-22-43-39(20-34(32)18-30)41-24-38(47(36-8-6-5-7-9-36)37-16-10-29(26-46)11-17-37)25-42-40-21-35-19-31(28(3)4)13-15-33(35)23-44(40)48(43)45(41)42/h5-25,27-28H,1-4H3. The molecule has 0 radical (unpaired) electrons. The van der Waals surface area contributed by atoms with Gasteiger partial charge in [-0.2, -0.15) is 5.26 Å². The number of benzene rings is 7. The van der Waals surface area contributed by atoms with Gasteiger partial charge in [0.1, 0.15) is 0 Å². The number of fused-ring (bicyclic) bond motifs is 8. The van der Waals surface area contributed by atoms with E-state index in [0.29, 0.717) is 17.4 Å². The normalized spacial score (nSPS) is 12.1. The summed E-state index contributed by atoms with van der Waals surface area (Å²) in [5.41, 5.74) is 10.3. The topological polar surface area (TPSA) is 31.4 Å². The Bertz CT molecular complexity index is 2590. The lowest BCUT2D eigenvalue weighted by atomic mass is 9.96. The van der Waals surface area contributed by atoms with Crippen LogP contribution in [0.15, 0.2) is 127 Å². The van der Waals surface area contributed by atoms with Crippen molar-refractivity contribution < 1.29 is 0 Å². The summed E-state index contributed by atoms with van der Waals surface area (Å²) in [6.07, 6.45) is 0. The monoisotopic (exact) mass is 617 g/mol. The van der Waals surface area contributed by atoms with Crippen molar-refractivity contribution in [3.05, 3.63) is 144 Å². The predicted molar refractivity (Wildman–Crippen MR) is 204 cm³/mol. The van der Waals surface area contributed by atoms with Crippen molar-refractivity contribution in [2.45, 2.75) is 39.5 Å². The first-order valence-electron chi connectivity index (χ1n) is 16.9. The van der Waals surface area contributed by atoms with Crippen LogP contribution in [0.3, 0.4) is 0 Å². The molecular weight excluding hydrogens is 583 g/mol. The third-order valence-electron chi connectivity index (χ3n) is 10.2. The van der Waals surface area contributed by atoms with E-state index < -0.39 is 0 Å². The van der Waals surface area contributed by atoms with Crippen LogP contribution in [0.5, 0.6) is 0 Å². The van der Waals surface area contributed by atoms with E-state index in [1.807, 2.05) is 24.3 Å². The Kier molecular flexibility index (Phi) is 6.26. The third kappa shape index (κ3) is 4.26. The lowest BCUT2D eigenvalue weighted by molar-refractivity contribution is 0.869. The Morgan fingerprint density at radius 3 is 1.52 bits per heavy atom. The molecule has 2 aromatic heterocycles. The third-order valence-corrected chi connectivity index (χ3v) is 10.2. The molecule has 0 aliphatic carbocycles. The second kappa shape index (κ2) is 10.6. The number of aromatic nitrogens is 1. The van der Waals surface area contributed by atoms with Crippen LogP contribution < -0.4 is 4.90 Å². The van der Waals surface area contributed by atoms with Crippen molar-refractivity contribution in [3.8, 4) is 6.07 Å². The van der Waals surface area contributed by atoms with Gasteiger partial charge in [-0.1, -0.05) is 82.3 Å². The highest BCUT2D eigenvalue weighted by Gasteiger charge is 2.23. The van der Waals surface area contributed by atoms with Crippen molar-refractivity contribution in [2.24, 2.45) is 0 Å². The molecule has 0 amide bonds. The van der Waals surface area contributed by atoms with Crippen molar-refractivity contribution in [2.75, 3.05) is 4.90 Å². The average molecular weight is 618 g/mol. The SMILES string of the molecule is CC(C)c1ccc2cc3c(cc2c1)c1cc(N(c2ccccc2)c2ccc(C#N)cc2)cc2c4cc5cc(C(C)C)ccc5cc4n3c12. The van der Waals surface area contributed by atoms with Crippen LogP contribution in [-0.4, -0.2) is 4.40 Å². The molecule has 0 N–H and O–H groups in total. The molecule has 0 saturated heterocycles. The van der Waals surface area contributed by atoms with Crippen molar-refractivity contribution in [1.29, 1.82) is 5.26 Å². The molecule has 9 aromatic rings. The number of anilines is 3. The number of para-hydroxylation sites is 1. The van der Waals surface area contributed by atoms with Gasteiger partial charge in [-0.05, 0) is 117 Å². The quantitative estimate of drug-likeness (QED) is 0.192. The van der Waals surface area contributed by atoms with Crippen molar-refractivity contribution in [1.82, 2.24) is 4.40 Å². The number of hydrogen-bond donors (Lipinski definition) is 0. The Hall–Kier alpha value is -5.85. The maximum Gasteiger partial charge on any atom is 0.0991 e. The second-order valence-corrected chi connectivity index (χ2v) is 13.8. The molecule has 0 spiro atoms. The van der Waals surface area contributed by atoms with Crippen molar-refractivity contribution >= 4 is 76.7 Å². The van der Waals surface area contributed by atoms with Gasteiger partial charge in [0.2, 0.25) is 0 Å². The molecular formula is C45H35N3. The van der Waals surface area contributed by atoms with E-state index in [9.17, 15) is 5.26 Å². The molecule has 0 unspecified atom stereocenters. The summed E-state index contributed by atoms with van der Waals surface area (Å²) in [5, 5.41) is 19.6. The zero-order chi connectivity index (χ0) is 32.7. The summed E-state index contributed by atoms with van der Waals surface area (Å²) in [6.45, 7) is 9.04. The predicted octanol–water partition coefficient (Wildman–Crippen LogP) is 12.7. The second-order valence-electron chi connectivity index (χ2n) is 13.8. The zero-order valence-electron chi connectivity index (χ0n) is 27.6. The van der Waals surface area contributed by atoms with E-state index in [0.717, 1.165) is 17.1 Å². The Morgan fingerprint density at radius 2 is 1.02 bits per heavy atom. The van der Waals surface area contributed by atoms with Gasteiger partial charge in [-0.25, -0.2) is 0 Å². The average Bonchev–Trinajstić information content (AvgIpc) is 3.60. The largest absolute Gasteiger partial charge is 0.310 e. The van der Waals surface area contributed by atoms with Crippen LogP contribution in [0.1, 0.15) is 56.2 Å². The lowest BCUT2D eigenvalue weighted by Gasteiger charge is -2.26. The minimum atomic E-state index is 0.465. The Balaban J connectivity index is 1.42. The van der Waals surface area contributed by atoms with Crippen LogP contribution in [0.25, 0.3) is 59.6 Å². The summed E-state index contributed by atoms with van der Waals surface area (Å²) in [4.78, 5) is 2.31. The van der Waals surface area contributed by atoms with E-state index in [1.165, 1.54) is 70.8 Å². The van der Waals surface area contributed by atoms with Crippen LogP contribution in [0, 0.1) is 11.3 Å². The molecule has 48 heavy (non-hydrogen) atoms. The fraction of sp³-hybridized carbons (Fsp3) is 0.133. The molecule has 0 fully saturated rings. The maximum absolute atomic E-state index is 9.54. The molecule has 0 bridgehead atoms. The number of nitriles is 1. The molecule has 230 valence electrons. The highest BCUT2D eigenvalue weighted by molar-refractivity contribution is 6.27. The van der Waals surface area contributed by atoms with Crippen LogP contribution in [0.2, 0.25) is 0 Å². The van der Waals surface area contributed by atoms with Gasteiger partial charge in [-0.3, -0.25) is 0 Å². The van der Waals surface area contributed by atoms with Crippen LogP contribution >= 0.6 is 0 Å². The highest BCUT2D eigenvalue weighted by atomic mass is 15.1. The number of hydrogen-bond acceptors (Lipinski definition) is 2. The molecule has 3 nitrogen and oxygen atoms in total. The van der Waals surface area contributed by atoms with E-state index in [2.05, 4.69) is 146 Å². The first-order chi connectivity index (χ1) is 23.4. The van der Waals surface area contributed by atoms with E-state index in [4.69, 9.17) is 0 Å². The highest BCUT2D eigenvalue weighted by Crippen LogP contribution is 2.46. The van der Waals surface area contributed by atoms with Gasteiger partial charge >= 0.3 is 0 Å². The summed E-state index contributed by atoms with van der Waals surface area (Å²) in [5.74, 6) is 0.929. The Morgan fingerprint density at radius 1 is 0.500 bits per heavy atom. The summed E-state index contributed by atoms with van der Waals surface area (Å²) in [7, 11) is 0. The molecule has 9 rings (SSSR count). The molecule has 0 aliphatic heterocycles. The number of nitrogens with zero attached hydrogens (tertiary/aromatic N) is 3. The van der Waals surface area contributed by atoms with Gasteiger partial charge in [-0.15, -0.1) is 0 Å². The van der Waals surface area contributed by atoms with Crippen LogP contribution in [0.4, 0.5) is 17.1 Å². The smallest absolute Gasteiger partial charge is 0.0991 e. The van der Waals surface area contributed by atoms with E-state index in [1.54, 1.807) is 0 Å².